The lowest BCUT2D eigenvalue weighted by atomic mass is 9.97. The molecule has 0 amide bonds. The molecule has 2 rings (SSSR count). The van der Waals surface area contributed by atoms with Crippen molar-refractivity contribution in [3.63, 3.8) is 0 Å². The van der Waals surface area contributed by atoms with E-state index < -0.39 is 0 Å². The topological polar surface area (TPSA) is 24.5 Å². The molecule has 2 saturated heterocycles. The number of hydrogen-bond donors (Lipinski definition) is 1. The molecule has 2 fully saturated rings. The van der Waals surface area contributed by atoms with Crippen molar-refractivity contribution in [3.8, 4) is 0 Å². The fourth-order valence-electron chi connectivity index (χ4n) is 3.65. The summed E-state index contributed by atoms with van der Waals surface area (Å²) in [5, 5.41) is 3.72. The summed E-state index contributed by atoms with van der Waals surface area (Å²) >= 11 is 0. The Bertz CT molecular complexity index is 264. The Morgan fingerprint density at radius 1 is 1.35 bits per heavy atom. The van der Waals surface area contributed by atoms with Gasteiger partial charge < -0.3 is 10.1 Å². The van der Waals surface area contributed by atoms with E-state index in [4.69, 9.17) is 4.74 Å². The van der Waals surface area contributed by atoms with Gasteiger partial charge in [0.1, 0.15) is 0 Å². The minimum Gasteiger partial charge on any atom is -0.378 e. The Labute approximate surface area is 125 Å². The second-order valence-electron chi connectivity index (χ2n) is 7.07. The maximum Gasteiger partial charge on any atom is 0.0576 e. The fourth-order valence-corrected chi connectivity index (χ4v) is 3.65. The van der Waals surface area contributed by atoms with E-state index in [9.17, 15) is 0 Å². The van der Waals surface area contributed by atoms with Crippen LogP contribution in [-0.4, -0.2) is 49.3 Å². The Morgan fingerprint density at radius 2 is 2.20 bits per heavy atom. The highest BCUT2D eigenvalue weighted by Gasteiger charge is 2.27. The first-order valence-corrected chi connectivity index (χ1v) is 8.78. The second kappa shape index (κ2) is 8.35. The van der Waals surface area contributed by atoms with Gasteiger partial charge in [-0.05, 0) is 51.0 Å². The highest BCUT2D eigenvalue weighted by molar-refractivity contribution is 4.86. The second-order valence-corrected chi connectivity index (χ2v) is 7.07. The van der Waals surface area contributed by atoms with Crippen LogP contribution in [0.2, 0.25) is 0 Å². The molecule has 0 aromatic carbocycles. The summed E-state index contributed by atoms with van der Waals surface area (Å²) in [6.07, 6.45) is 8.24. The van der Waals surface area contributed by atoms with Crippen molar-refractivity contribution < 1.29 is 4.74 Å². The average Bonchev–Trinajstić information content (AvgIpc) is 2.93. The monoisotopic (exact) mass is 282 g/mol. The van der Waals surface area contributed by atoms with Crippen LogP contribution in [0.4, 0.5) is 0 Å². The first kappa shape index (κ1) is 16.3. The van der Waals surface area contributed by atoms with Crippen LogP contribution < -0.4 is 5.32 Å². The van der Waals surface area contributed by atoms with Gasteiger partial charge >= 0.3 is 0 Å². The van der Waals surface area contributed by atoms with Crippen LogP contribution >= 0.6 is 0 Å². The number of ether oxygens (including phenoxy) is 1. The summed E-state index contributed by atoms with van der Waals surface area (Å²) in [6, 6.07) is 1.43. The van der Waals surface area contributed by atoms with Gasteiger partial charge in [-0.15, -0.1) is 0 Å². The molecule has 0 saturated carbocycles. The molecule has 2 heterocycles. The van der Waals surface area contributed by atoms with Crippen LogP contribution in [0.3, 0.4) is 0 Å². The van der Waals surface area contributed by atoms with Crippen molar-refractivity contribution >= 4 is 0 Å². The number of nitrogens with one attached hydrogen (secondary N) is 1. The van der Waals surface area contributed by atoms with Crippen LogP contribution in [0.25, 0.3) is 0 Å². The summed E-state index contributed by atoms with van der Waals surface area (Å²) in [4.78, 5) is 2.75. The van der Waals surface area contributed by atoms with E-state index >= 15 is 0 Å². The molecule has 1 N–H and O–H groups in total. The van der Waals surface area contributed by atoms with E-state index in [1.807, 2.05) is 0 Å². The standard InChI is InChI=1S/C17H34N2O/c1-4-15-13-19(16(12-18-15)11-14(2)3)9-5-7-17-8-6-10-20-17/h14-18H,4-13H2,1-3H3. The molecule has 2 aliphatic rings. The number of nitrogens with zero attached hydrogens (tertiary/aromatic N) is 1. The number of piperazine rings is 1. The molecule has 0 aromatic heterocycles. The zero-order chi connectivity index (χ0) is 14.4. The van der Waals surface area contributed by atoms with E-state index in [2.05, 4.69) is 31.0 Å². The minimum atomic E-state index is 0.559. The van der Waals surface area contributed by atoms with Crippen molar-refractivity contribution in [1.82, 2.24) is 10.2 Å². The van der Waals surface area contributed by atoms with Gasteiger partial charge in [0, 0.05) is 31.8 Å². The Kier molecular flexibility index (Phi) is 6.79. The third kappa shape index (κ3) is 5.01. The molecule has 3 heteroatoms. The molecule has 118 valence electrons. The normalized spacial score (nSPS) is 32.1. The SMILES string of the molecule is CCC1CN(CCCC2CCCO2)C(CC(C)C)CN1. The summed E-state index contributed by atoms with van der Waals surface area (Å²) in [5.74, 6) is 0.792. The smallest absolute Gasteiger partial charge is 0.0576 e. The summed E-state index contributed by atoms with van der Waals surface area (Å²) in [5.41, 5.74) is 0. The predicted molar refractivity (Wildman–Crippen MR) is 85.1 cm³/mol. The van der Waals surface area contributed by atoms with Crippen LogP contribution in [0.1, 0.15) is 59.3 Å². The lowest BCUT2D eigenvalue weighted by Crippen LogP contribution is -2.56. The van der Waals surface area contributed by atoms with Crippen molar-refractivity contribution in [1.29, 1.82) is 0 Å². The highest BCUT2D eigenvalue weighted by Crippen LogP contribution is 2.20. The van der Waals surface area contributed by atoms with E-state index in [-0.39, 0.29) is 0 Å². The zero-order valence-corrected chi connectivity index (χ0v) is 13.7. The Morgan fingerprint density at radius 3 is 2.85 bits per heavy atom. The molecule has 0 aliphatic carbocycles. The maximum atomic E-state index is 5.75. The molecule has 3 atom stereocenters. The third-order valence-corrected chi connectivity index (χ3v) is 4.85. The molecule has 20 heavy (non-hydrogen) atoms. The van der Waals surface area contributed by atoms with E-state index in [1.165, 1.54) is 58.2 Å². The van der Waals surface area contributed by atoms with Crippen LogP contribution in [0.5, 0.6) is 0 Å². The summed E-state index contributed by atoms with van der Waals surface area (Å²) in [6.45, 7) is 11.6. The highest BCUT2D eigenvalue weighted by atomic mass is 16.5. The molecule has 3 unspecified atom stereocenters. The van der Waals surface area contributed by atoms with Gasteiger partial charge in [-0.25, -0.2) is 0 Å². The van der Waals surface area contributed by atoms with Crippen molar-refractivity contribution in [3.05, 3.63) is 0 Å². The number of rotatable bonds is 7. The largest absolute Gasteiger partial charge is 0.378 e. The first-order chi connectivity index (χ1) is 9.69. The summed E-state index contributed by atoms with van der Waals surface area (Å²) in [7, 11) is 0. The molecule has 2 aliphatic heterocycles. The lowest BCUT2D eigenvalue weighted by Gasteiger charge is -2.41. The van der Waals surface area contributed by atoms with Gasteiger partial charge in [0.2, 0.25) is 0 Å². The summed E-state index contributed by atoms with van der Waals surface area (Å²) < 4.78 is 5.75. The van der Waals surface area contributed by atoms with Crippen molar-refractivity contribution in [2.24, 2.45) is 5.92 Å². The first-order valence-electron chi connectivity index (χ1n) is 8.78. The Balaban J connectivity index is 1.76. The lowest BCUT2D eigenvalue weighted by molar-refractivity contribution is 0.0829. The molecule has 3 nitrogen and oxygen atoms in total. The van der Waals surface area contributed by atoms with Crippen LogP contribution in [-0.2, 0) is 4.74 Å². The van der Waals surface area contributed by atoms with Gasteiger partial charge in [0.25, 0.3) is 0 Å². The van der Waals surface area contributed by atoms with Gasteiger partial charge in [-0.2, -0.15) is 0 Å². The average molecular weight is 282 g/mol. The maximum absolute atomic E-state index is 5.75. The predicted octanol–water partition coefficient (Wildman–Crippen LogP) is 3.04. The van der Waals surface area contributed by atoms with Crippen molar-refractivity contribution in [2.45, 2.75) is 77.5 Å². The molecule has 0 bridgehead atoms. The van der Waals surface area contributed by atoms with E-state index in [0.29, 0.717) is 12.1 Å². The molecular weight excluding hydrogens is 248 g/mol. The zero-order valence-electron chi connectivity index (χ0n) is 13.7. The molecule has 0 spiro atoms. The van der Waals surface area contributed by atoms with Gasteiger partial charge in [0.15, 0.2) is 0 Å². The van der Waals surface area contributed by atoms with Crippen LogP contribution in [0, 0.1) is 5.92 Å². The van der Waals surface area contributed by atoms with Crippen molar-refractivity contribution in [2.75, 3.05) is 26.2 Å². The van der Waals surface area contributed by atoms with Gasteiger partial charge in [-0.1, -0.05) is 20.8 Å². The van der Waals surface area contributed by atoms with Gasteiger partial charge in [0.05, 0.1) is 6.10 Å². The minimum absolute atomic E-state index is 0.559. The third-order valence-electron chi connectivity index (χ3n) is 4.85. The van der Waals surface area contributed by atoms with E-state index in [0.717, 1.165) is 18.6 Å². The van der Waals surface area contributed by atoms with E-state index in [1.54, 1.807) is 0 Å². The van der Waals surface area contributed by atoms with Crippen LogP contribution in [0.15, 0.2) is 0 Å². The molecule has 0 radical (unpaired) electrons. The Hall–Kier alpha value is -0.120. The quantitative estimate of drug-likeness (QED) is 0.777. The number of hydrogen-bond acceptors (Lipinski definition) is 3. The fraction of sp³-hybridized carbons (Fsp3) is 1.00. The van der Waals surface area contributed by atoms with Gasteiger partial charge in [-0.3, -0.25) is 4.90 Å². The molecule has 0 aromatic rings. The molecular formula is C17H34N2O.